The molecule has 2 N–H and O–H groups in total. The quantitative estimate of drug-likeness (QED) is 0.791. The summed E-state index contributed by atoms with van der Waals surface area (Å²) in [7, 11) is 7.42. The summed E-state index contributed by atoms with van der Waals surface area (Å²) in [5, 5.41) is 0.857. The van der Waals surface area contributed by atoms with E-state index in [0.717, 1.165) is 29.5 Å². The van der Waals surface area contributed by atoms with Gasteiger partial charge in [0, 0.05) is 32.6 Å². The molecule has 0 aliphatic carbocycles. The molecule has 1 amide bonds. The fourth-order valence-corrected chi connectivity index (χ4v) is 2.61. The standard InChI is InChI=1S/C16H21N5O2/c1-19(2)7-8-21-14-10-9-13(15(22)20(3)4)23-12(10)6-5-11(14)18-16(21)17/h5-6,9H,7-8H2,1-4H3,(H2,17,18). The van der Waals surface area contributed by atoms with Crippen LogP contribution in [0.3, 0.4) is 0 Å². The summed E-state index contributed by atoms with van der Waals surface area (Å²) in [6.45, 7) is 1.56. The highest BCUT2D eigenvalue weighted by molar-refractivity contribution is 6.06. The number of hydrogen-bond acceptors (Lipinski definition) is 5. The summed E-state index contributed by atoms with van der Waals surface area (Å²) in [5.41, 5.74) is 8.44. The van der Waals surface area contributed by atoms with Crippen molar-refractivity contribution in [2.75, 3.05) is 40.5 Å². The average molecular weight is 315 g/mol. The molecule has 7 nitrogen and oxygen atoms in total. The number of likely N-dealkylation sites (N-methyl/N-ethyl adjacent to an activating group) is 1. The van der Waals surface area contributed by atoms with Crippen molar-refractivity contribution >= 4 is 33.9 Å². The first-order valence-electron chi connectivity index (χ1n) is 7.43. The maximum atomic E-state index is 12.1. The number of benzene rings is 1. The summed E-state index contributed by atoms with van der Waals surface area (Å²) in [6.07, 6.45) is 0. The van der Waals surface area contributed by atoms with Gasteiger partial charge in [-0.05, 0) is 32.3 Å². The van der Waals surface area contributed by atoms with Crippen LogP contribution in [0.2, 0.25) is 0 Å². The zero-order chi connectivity index (χ0) is 16.7. The lowest BCUT2D eigenvalue weighted by atomic mass is 10.2. The molecule has 0 aliphatic heterocycles. The van der Waals surface area contributed by atoms with Gasteiger partial charge in [-0.25, -0.2) is 4.98 Å². The third-order valence-electron chi connectivity index (χ3n) is 3.82. The number of anilines is 1. The fourth-order valence-electron chi connectivity index (χ4n) is 2.61. The molecule has 0 fully saturated rings. The lowest BCUT2D eigenvalue weighted by Gasteiger charge is -2.11. The normalized spacial score (nSPS) is 11.7. The molecule has 0 unspecified atom stereocenters. The Bertz CT molecular complexity index is 875. The SMILES string of the molecule is CN(C)CCn1c(N)nc2ccc3oc(C(=O)N(C)C)cc3c21. The number of nitrogen functional groups attached to an aromatic ring is 1. The average Bonchev–Trinajstić information content (AvgIpc) is 3.04. The lowest BCUT2D eigenvalue weighted by molar-refractivity contribution is 0.0799. The largest absolute Gasteiger partial charge is 0.451 e. The van der Waals surface area contributed by atoms with E-state index in [1.165, 1.54) is 4.90 Å². The van der Waals surface area contributed by atoms with Crippen LogP contribution in [-0.4, -0.2) is 60.0 Å². The summed E-state index contributed by atoms with van der Waals surface area (Å²) >= 11 is 0. The van der Waals surface area contributed by atoms with Crippen LogP contribution in [0.25, 0.3) is 22.0 Å². The van der Waals surface area contributed by atoms with Gasteiger partial charge in [0.2, 0.25) is 5.95 Å². The molecular formula is C16H21N5O2. The second-order valence-corrected chi connectivity index (χ2v) is 6.08. The van der Waals surface area contributed by atoms with Crippen molar-refractivity contribution in [3.8, 4) is 0 Å². The van der Waals surface area contributed by atoms with Crippen LogP contribution in [0.4, 0.5) is 5.95 Å². The molecule has 1 aromatic carbocycles. The summed E-state index contributed by atoms with van der Waals surface area (Å²) < 4.78 is 7.67. The van der Waals surface area contributed by atoms with Gasteiger partial charge in [0.15, 0.2) is 5.76 Å². The fraction of sp³-hybridized carbons (Fsp3) is 0.375. The number of aromatic nitrogens is 2. The molecule has 0 spiro atoms. The van der Waals surface area contributed by atoms with Crippen LogP contribution in [0.15, 0.2) is 22.6 Å². The Balaban J connectivity index is 2.18. The number of amides is 1. The Kier molecular flexibility index (Phi) is 3.73. The van der Waals surface area contributed by atoms with Gasteiger partial charge >= 0.3 is 0 Å². The molecule has 0 aliphatic rings. The predicted octanol–water partition coefficient (Wildman–Crippen LogP) is 1.63. The number of fused-ring (bicyclic) bond motifs is 3. The van der Waals surface area contributed by atoms with E-state index in [9.17, 15) is 4.79 Å². The topological polar surface area (TPSA) is 80.5 Å². The smallest absolute Gasteiger partial charge is 0.289 e. The number of hydrogen-bond donors (Lipinski definition) is 1. The van der Waals surface area contributed by atoms with Gasteiger partial charge in [0.05, 0.1) is 11.0 Å². The van der Waals surface area contributed by atoms with Crippen molar-refractivity contribution < 1.29 is 9.21 Å². The minimum atomic E-state index is -0.165. The third-order valence-corrected chi connectivity index (χ3v) is 3.82. The van der Waals surface area contributed by atoms with E-state index in [4.69, 9.17) is 10.2 Å². The minimum Gasteiger partial charge on any atom is -0.451 e. The molecule has 0 atom stereocenters. The maximum absolute atomic E-state index is 12.1. The number of carbonyl (C=O) groups is 1. The van der Waals surface area contributed by atoms with Crippen LogP contribution in [0, 0.1) is 0 Å². The second-order valence-electron chi connectivity index (χ2n) is 6.08. The van der Waals surface area contributed by atoms with E-state index in [0.29, 0.717) is 17.3 Å². The zero-order valence-electron chi connectivity index (χ0n) is 13.8. The molecule has 23 heavy (non-hydrogen) atoms. The second kappa shape index (κ2) is 5.58. The lowest BCUT2D eigenvalue weighted by Crippen LogP contribution is -2.20. The molecule has 3 aromatic rings. The number of carbonyl (C=O) groups excluding carboxylic acids is 1. The zero-order valence-corrected chi connectivity index (χ0v) is 13.8. The Morgan fingerprint density at radius 3 is 2.70 bits per heavy atom. The molecular weight excluding hydrogens is 294 g/mol. The van der Waals surface area contributed by atoms with Crippen molar-refractivity contribution in [2.45, 2.75) is 6.54 Å². The molecule has 0 saturated heterocycles. The van der Waals surface area contributed by atoms with E-state index in [-0.39, 0.29) is 5.91 Å². The van der Waals surface area contributed by atoms with E-state index in [1.54, 1.807) is 20.2 Å². The number of rotatable bonds is 4. The van der Waals surface area contributed by atoms with E-state index < -0.39 is 0 Å². The van der Waals surface area contributed by atoms with Crippen LogP contribution in [-0.2, 0) is 6.54 Å². The van der Waals surface area contributed by atoms with Gasteiger partial charge in [-0.15, -0.1) is 0 Å². The van der Waals surface area contributed by atoms with Gasteiger partial charge < -0.3 is 24.5 Å². The Labute approximate surface area is 134 Å². The molecule has 7 heteroatoms. The van der Waals surface area contributed by atoms with Gasteiger partial charge in [-0.3, -0.25) is 4.79 Å². The van der Waals surface area contributed by atoms with Crippen LogP contribution < -0.4 is 5.73 Å². The van der Waals surface area contributed by atoms with Gasteiger partial charge in [0.25, 0.3) is 5.91 Å². The monoisotopic (exact) mass is 315 g/mol. The predicted molar refractivity (Wildman–Crippen MR) is 90.5 cm³/mol. The number of furan rings is 1. The summed E-state index contributed by atoms with van der Waals surface area (Å²) in [5.74, 6) is 0.620. The Morgan fingerprint density at radius 2 is 2.04 bits per heavy atom. The first kappa shape index (κ1) is 15.4. The molecule has 0 bridgehead atoms. The van der Waals surface area contributed by atoms with Crippen molar-refractivity contribution in [3.63, 3.8) is 0 Å². The maximum Gasteiger partial charge on any atom is 0.289 e. The molecule has 0 radical (unpaired) electrons. The third kappa shape index (κ3) is 2.63. The van der Waals surface area contributed by atoms with Crippen molar-refractivity contribution in [1.29, 1.82) is 0 Å². The number of nitrogens with two attached hydrogens (primary N) is 1. The summed E-state index contributed by atoms with van der Waals surface area (Å²) in [4.78, 5) is 20.1. The van der Waals surface area contributed by atoms with E-state index in [1.807, 2.05) is 30.8 Å². The van der Waals surface area contributed by atoms with Gasteiger partial charge in [-0.1, -0.05) is 0 Å². The van der Waals surface area contributed by atoms with E-state index >= 15 is 0 Å². The van der Waals surface area contributed by atoms with Crippen LogP contribution in [0.5, 0.6) is 0 Å². The van der Waals surface area contributed by atoms with Crippen molar-refractivity contribution in [2.24, 2.45) is 0 Å². The van der Waals surface area contributed by atoms with Crippen LogP contribution >= 0.6 is 0 Å². The molecule has 0 saturated carbocycles. The molecule has 2 aromatic heterocycles. The number of nitrogens with zero attached hydrogens (tertiary/aromatic N) is 4. The molecule has 2 heterocycles. The van der Waals surface area contributed by atoms with Gasteiger partial charge in [0.1, 0.15) is 5.58 Å². The number of imidazole rings is 1. The van der Waals surface area contributed by atoms with Gasteiger partial charge in [-0.2, -0.15) is 0 Å². The van der Waals surface area contributed by atoms with Crippen LogP contribution in [0.1, 0.15) is 10.6 Å². The highest BCUT2D eigenvalue weighted by Gasteiger charge is 2.18. The Morgan fingerprint density at radius 1 is 1.30 bits per heavy atom. The highest BCUT2D eigenvalue weighted by atomic mass is 16.3. The van der Waals surface area contributed by atoms with Crippen molar-refractivity contribution in [1.82, 2.24) is 19.4 Å². The first-order chi connectivity index (χ1) is 10.9. The van der Waals surface area contributed by atoms with E-state index in [2.05, 4.69) is 9.88 Å². The summed E-state index contributed by atoms with van der Waals surface area (Å²) in [6, 6.07) is 5.47. The van der Waals surface area contributed by atoms with Crippen molar-refractivity contribution in [3.05, 3.63) is 24.0 Å². The molecule has 3 rings (SSSR count). The first-order valence-corrected chi connectivity index (χ1v) is 7.43. The minimum absolute atomic E-state index is 0.165. The molecule has 122 valence electrons. The Hall–Kier alpha value is -2.54. The highest BCUT2D eigenvalue weighted by Crippen LogP contribution is 2.30.